The van der Waals surface area contributed by atoms with Crippen LogP contribution in [0.15, 0.2) is 0 Å². The van der Waals surface area contributed by atoms with Crippen LogP contribution in [0.3, 0.4) is 0 Å². The molecule has 0 bridgehead atoms. The van der Waals surface area contributed by atoms with Crippen molar-refractivity contribution in [2.24, 2.45) is 0 Å². The lowest BCUT2D eigenvalue weighted by atomic mass is 10.1. The fourth-order valence-electron chi connectivity index (χ4n) is 1.09. The third-order valence-electron chi connectivity index (χ3n) is 1.42. The molecule has 0 radical (unpaired) electrons. The summed E-state index contributed by atoms with van der Waals surface area (Å²) in [6, 6.07) is 0. The van der Waals surface area contributed by atoms with Crippen molar-refractivity contribution in [3.05, 3.63) is 0 Å². The van der Waals surface area contributed by atoms with Gasteiger partial charge in [0.1, 0.15) is 5.60 Å². The third kappa shape index (κ3) is 8.72. The molecule has 0 unspecified atom stereocenters. The Labute approximate surface area is 103 Å². The minimum Gasteiger partial charge on any atom is -0.447 e. The normalized spacial score (nSPS) is 12.6. The molecular formula is C11H18O5S. The van der Waals surface area contributed by atoms with Crippen molar-refractivity contribution in [3.63, 3.8) is 0 Å². The first-order valence-electron chi connectivity index (χ1n) is 4.97. The van der Waals surface area contributed by atoms with Crippen LogP contribution in [0.4, 0.5) is 0 Å². The highest BCUT2D eigenvalue weighted by Crippen LogP contribution is 2.13. The Hall–Kier alpha value is -1.06. The van der Waals surface area contributed by atoms with Crippen LogP contribution in [0.2, 0.25) is 0 Å². The average Bonchev–Trinajstić information content (AvgIpc) is 1.94. The Morgan fingerprint density at radius 3 is 1.82 bits per heavy atom. The van der Waals surface area contributed by atoms with Crippen molar-refractivity contribution in [2.75, 3.05) is 6.26 Å². The molecule has 6 heteroatoms. The van der Waals surface area contributed by atoms with E-state index in [0.29, 0.717) is 0 Å². The molecule has 0 N–H and O–H groups in total. The molecule has 0 spiro atoms. The summed E-state index contributed by atoms with van der Waals surface area (Å²) in [6.07, 6.45) is 0.952. The first-order valence-corrected chi connectivity index (χ1v) is 6.79. The fraction of sp³-hybridized carbons (Fsp3) is 0.727. The summed E-state index contributed by atoms with van der Waals surface area (Å²) in [7, 11) is -3.58. The van der Waals surface area contributed by atoms with Gasteiger partial charge in [0.2, 0.25) is 0 Å². The summed E-state index contributed by atoms with van der Waals surface area (Å²) < 4.78 is 31.7. The van der Waals surface area contributed by atoms with E-state index in [9.17, 15) is 13.2 Å². The van der Waals surface area contributed by atoms with Gasteiger partial charge in [-0.15, -0.1) is 0 Å². The molecule has 0 aliphatic carbocycles. The molecule has 0 saturated carbocycles. The zero-order valence-electron chi connectivity index (χ0n) is 10.9. The smallest absolute Gasteiger partial charge is 0.304 e. The molecule has 0 aliphatic rings. The van der Waals surface area contributed by atoms with Crippen molar-refractivity contribution in [3.8, 4) is 11.8 Å². The van der Waals surface area contributed by atoms with Crippen molar-refractivity contribution < 1.29 is 22.1 Å². The fourth-order valence-corrected chi connectivity index (χ4v) is 1.88. The van der Waals surface area contributed by atoms with E-state index >= 15 is 0 Å². The minimum atomic E-state index is -3.58. The Morgan fingerprint density at radius 1 is 1.06 bits per heavy atom. The summed E-state index contributed by atoms with van der Waals surface area (Å²) >= 11 is 0. The first-order chi connectivity index (χ1) is 7.33. The minimum absolute atomic E-state index is 0.453. The van der Waals surface area contributed by atoms with Crippen LogP contribution >= 0.6 is 0 Å². The molecule has 98 valence electrons. The van der Waals surface area contributed by atoms with E-state index in [1.807, 2.05) is 0 Å². The van der Waals surface area contributed by atoms with Crippen LogP contribution in [0.25, 0.3) is 0 Å². The standard InChI is InChI=1S/C11H18O5S/c1-9(12)15-10(2,3)7-8-11(4,5)16-17(6,13)14/h1-6H3. The molecule has 5 nitrogen and oxygen atoms in total. The topological polar surface area (TPSA) is 69.7 Å². The van der Waals surface area contributed by atoms with Crippen LogP contribution in [0.1, 0.15) is 34.6 Å². The Balaban J connectivity index is 4.89. The number of carbonyl (C=O) groups is 1. The van der Waals surface area contributed by atoms with E-state index in [-0.39, 0.29) is 0 Å². The number of esters is 1. The Morgan fingerprint density at radius 2 is 1.47 bits per heavy atom. The van der Waals surface area contributed by atoms with Gasteiger partial charge in [0.05, 0.1) is 6.26 Å². The van der Waals surface area contributed by atoms with Gasteiger partial charge in [0.25, 0.3) is 10.1 Å². The van der Waals surface area contributed by atoms with E-state index < -0.39 is 27.3 Å². The number of carbonyl (C=O) groups excluding carboxylic acids is 1. The number of rotatable bonds is 3. The second kappa shape index (κ2) is 5.07. The first kappa shape index (κ1) is 15.9. The zero-order valence-corrected chi connectivity index (χ0v) is 11.8. The zero-order chi connectivity index (χ0) is 13.9. The third-order valence-corrected chi connectivity index (χ3v) is 2.14. The van der Waals surface area contributed by atoms with Crippen LogP contribution < -0.4 is 0 Å². The maximum Gasteiger partial charge on any atom is 0.304 e. The van der Waals surface area contributed by atoms with Gasteiger partial charge in [-0.25, -0.2) is 0 Å². The largest absolute Gasteiger partial charge is 0.447 e. The summed E-state index contributed by atoms with van der Waals surface area (Å²) in [4.78, 5) is 10.8. The Bertz CT molecular complexity index is 448. The highest BCUT2D eigenvalue weighted by Gasteiger charge is 2.24. The van der Waals surface area contributed by atoms with Crippen LogP contribution in [0.5, 0.6) is 0 Å². The maximum absolute atomic E-state index is 11.0. The molecule has 0 amide bonds. The lowest BCUT2D eigenvalue weighted by molar-refractivity contribution is -0.148. The average molecular weight is 262 g/mol. The predicted octanol–water partition coefficient (Wildman–Crippen LogP) is 1.09. The predicted molar refractivity (Wildman–Crippen MR) is 63.6 cm³/mol. The molecule has 0 aliphatic heterocycles. The SMILES string of the molecule is CC(=O)OC(C)(C)C#CC(C)(C)OS(C)(=O)=O. The monoisotopic (exact) mass is 262 g/mol. The molecule has 0 rings (SSSR count). The van der Waals surface area contributed by atoms with E-state index in [1.54, 1.807) is 13.8 Å². The van der Waals surface area contributed by atoms with Crippen molar-refractivity contribution in [1.29, 1.82) is 0 Å². The highest BCUT2D eigenvalue weighted by molar-refractivity contribution is 7.86. The van der Waals surface area contributed by atoms with Gasteiger partial charge in [0, 0.05) is 6.92 Å². The quantitative estimate of drug-likeness (QED) is 0.432. The highest BCUT2D eigenvalue weighted by atomic mass is 32.2. The second-order valence-corrected chi connectivity index (χ2v) is 6.23. The molecular weight excluding hydrogens is 244 g/mol. The van der Waals surface area contributed by atoms with Gasteiger partial charge in [-0.3, -0.25) is 8.98 Å². The molecule has 0 atom stereocenters. The summed E-state index contributed by atoms with van der Waals surface area (Å²) in [5.41, 5.74) is -2.14. The van der Waals surface area contributed by atoms with Gasteiger partial charge in [-0.2, -0.15) is 8.42 Å². The number of ether oxygens (including phenoxy) is 1. The van der Waals surface area contributed by atoms with Crippen molar-refractivity contribution >= 4 is 16.1 Å². The molecule has 0 aromatic rings. The molecule has 0 heterocycles. The second-order valence-electron chi connectivity index (χ2n) is 4.65. The molecule has 0 aromatic carbocycles. The lowest BCUT2D eigenvalue weighted by Gasteiger charge is -2.20. The molecule has 0 fully saturated rings. The molecule has 0 aromatic heterocycles. The van der Waals surface area contributed by atoms with Crippen molar-refractivity contribution in [2.45, 2.75) is 45.8 Å². The van der Waals surface area contributed by atoms with Crippen LogP contribution in [0, 0.1) is 11.8 Å². The van der Waals surface area contributed by atoms with Gasteiger partial charge >= 0.3 is 5.97 Å². The van der Waals surface area contributed by atoms with Crippen molar-refractivity contribution in [1.82, 2.24) is 0 Å². The van der Waals surface area contributed by atoms with E-state index in [4.69, 9.17) is 8.92 Å². The van der Waals surface area contributed by atoms with Gasteiger partial charge in [-0.05, 0) is 27.7 Å². The summed E-state index contributed by atoms with van der Waals surface area (Å²) in [5, 5.41) is 0. The summed E-state index contributed by atoms with van der Waals surface area (Å²) in [5.74, 6) is 4.85. The van der Waals surface area contributed by atoms with Crippen LogP contribution in [-0.4, -0.2) is 31.8 Å². The van der Waals surface area contributed by atoms with Gasteiger partial charge < -0.3 is 4.74 Å². The van der Waals surface area contributed by atoms with Gasteiger partial charge in [-0.1, -0.05) is 11.8 Å². The Kier molecular flexibility index (Phi) is 4.75. The van der Waals surface area contributed by atoms with Gasteiger partial charge in [0.15, 0.2) is 5.60 Å². The van der Waals surface area contributed by atoms with E-state index in [0.717, 1.165) is 6.26 Å². The van der Waals surface area contributed by atoms with E-state index in [2.05, 4.69) is 11.8 Å². The maximum atomic E-state index is 11.0. The van der Waals surface area contributed by atoms with E-state index in [1.165, 1.54) is 20.8 Å². The summed E-state index contributed by atoms with van der Waals surface area (Å²) in [6.45, 7) is 7.53. The molecule has 0 saturated heterocycles. The molecule has 17 heavy (non-hydrogen) atoms. The lowest BCUT2D eigenvalue weighted by Crippen LogP contribution is -2.29. The van der Waals surface area contributed by atoms with Crippen LogP contribution in [-0.2, 0) is 23.8 Å². The number of hydrogen-bond acceptors (Lipinski definition) is 5. The number of hydrogen-bond donors (Lipinski definition) is 0.